The van der Waals surface area contributed by atoms with E-state index >= 15 is 0 Å². The van der Waals surface area contributed by atoms with Crippen molar-refractivity contribution in [1.29, 1.82) is 0 Å². The first-order chi connectivity index (χ1) is 8.66. The average Bonchev–Trinajstić information content (AvgIpc) is 2.69. The molecule has 2 aliphatic rings. The highest BCUT2D eigenvalue weighted by atomic mass is 16.3. The van der Waals surface area contributed by atoms with Crippen molar-refractivity contribution in [2.24, 2.45) is 5.92 Å². The molecule has 0 bridgehead atoms. The van der Waals surface area contributed by atoms with Gasteiger partial charge in [-0.05, 0) is 45.8 Å². The van der Waals surface area contributed by atoms with Gasteiger partial charge in [-0.15, -0.1) is 0 Å². The molecule has 3 atom stereocenters. The maximum Gasteiger partial charge on any atom is 0.0695 e. The Morgan fingerprint density at radius 2 is 1.83 bits per heavy atom. The van der Waals surface area contributed by atoms with Gasteiger partial charge in [-0.25, -0.2) is 0 Å². The highest BCUT2D eigenvalue weighted by Gasteiger charge is 2.28. The molecule has 3 unspecified atom stereocenters. The van der Waals surface area contributed by atoms with Crippen LogP contribution in [0.25, 0.3) is 0 Å². The summed E-state index contributed by atoms with van der Waals surface area (Å²) in [6.45, 7) is 3.63. The van der Waals surface area contributed by atoms with Crippen molar-refractivity contribution < 1.29 is 5.11 Å². The summed E-state index contributed by atoms with van der Waals surface area (Å²) in [4.78, 5) is 4.87. The fourth-order valence-corrected chi connectivity index (χ4v) is 3.68. The number of likely N-dealkylation sites (N-methyl/N-ethyl adjacent to an activating group) is 1. The lowest BCUT2D eigenvalue weighted by Gasteiger charge is -2.35. The Morgan fingerprint density at radius 3 is 2.50 bits per heavy atom. The smallest absolute Gasteiger partial charge is 0.0695 e. The van der Waals surface area contributed by atoms with E-state index in [9.17, 15) is 5.11 Å². The fourth-order valence-electron chi connectivity index (χ4n) is 3.68. The molecule has 1 N–H and O–H groups in total. The Morgan fingerprint density at radius 1 is 1.11 bits per heavy atom. The van der Waals surface area contributed by atoms with Gasteiger partial charge in [0, 0.05) is 19.1 Å². The summed E-state index contributed by atoms with van der Waals surface area (Å²) in [5.74, 6) is 0.803. The number of rotatable bonds is 3. The molecule has 0 radical (unpaired) electrons. The molecule has 1 heterocycles. The van der Waals surface area contributed by atoms with Gasteiger partial charge < -0.3 is 14.9 Å². The molecule has 3 heteroatoms. The van der Waals surface area contributed by atoms with Crippen LogP contribution in [0.4, 0.5) is 0 Å². The number of hydrogen-bond acceptors (Lipinski definition) is 3. The van der Waals surface area contributed by atoms with Crippen molar-refractivity contribution >= 4 is 0 Å². The summed E-state index contributed by atoms with van der Waals surface area (Å²) in [6.07, 6.45) is 8.55. The van der Waals surface area contributed by atoms with Crippen LogP contribution in [0, 0.1) is 5.92 Å². The van der Waals surface area contributed by atoms with Crippen LogP contribution in [-0.4, -0.2) is 60.8 Å². The van der Waals surface area contributed by atoms with Gasteiger partial charge in [0.2, 0.25) is 0 Å². The molecule has 0 amide bonds. The highest BCUT2D eigenvalue weighted by Crippen LogP contribution is 2.23. The Kier molecular flexibility index (Phi) is 5.46. The van der Waals surface area contributed by atoms with Crippen molar-refractivity contribution in [2.45, 2.75) is 57.1 Å². The van der Waals surface area contributed by atoms with Crippen LogP contribution in [0.5, 0.6) is 0 Å². The summed E-state index contributed by atoms with van der Waals surface area (Å²) in [5, 5.41) is 10.3. The Balaban J connectivity index is 1.83. The molecule has 1 saturated heterocycles. The first kappa shape index (κ1) is 14.3. The molecule has 0 aromatic heterocycles. The van der Waals surface area contributed by atoms with E-state index in [1.165, 1.54) is 51.6 Å². The summed E-state index contributed by atoms with van der Waals surface area (Å²) in [7, 11) is 4.43. The lowest BCUT2D eigenvalue weighted by Crippen LogP contribution is -2.44. The summed E-state index contributed by atoms with van der Waals surface area (Å²) >= 11 is 0. The zero-order chi connectivity index (χ0) is 13.0. The van der Waals surface area contributed by atoms with Crippen molar-refractivity contribution in [3.63, 3.8) is 0 Å². The van der Waals surface area contributed by atoms with Gasteiger partial charge in [0.25, 0.3) is 0 Å². The van der Waals surface area contributed by atoms with E-state index in [0.29, 0.717) is 6.04 Å². The zero-order valence-corrected chi connectivity index (χ0v) is 12.1. The second-order valence-corrected chi connectivity index (χ2v) is 6.48. The second-order valence-electron chi connectivity index (χ2n) is 6.48. The van der Waals surface area contributed by atoms with Crippen LogP contribution >= 0.6 is 0 Å². The predicted octanol–water partition coefficient (Wildman–Crippen LogP) is 1.95. The minimum Gasteiger partial charge on any atom is -0.391 e. The van der Waals surface area contributed by atoms with Crippen molar-refractivity contribution in [1.82, 2.24) is 9.80 Å². The van der Waals surface area contributed by atoms with Gasteiger partial charge in [0.05, 0.1) is 6.10 Å². The van der Waals surface area contributed by atoms with E-state index in [0.717, 1.165) is 18.9 Å². The molecule has 1 saturated carbocycles. The van der Waals surface area contributed by atoms with Crippen LogP contribution < -0.4 is 0 Å². The summed E-state index contributed by atoms with van der Waals surface area (Å²) in [6, 6.07) is 0.399. The SMILES string of the molecule is CN1CCC(CN(C)C2CCCCCCC2O)C1. The normalized spacial score (nSPS) is 35.7. The lowest BCUT2D eigenvalue weighted by atomic mass is 9.92. The van der Waals surface area contributed by atoms with Crippen LogP contribution in [0.15, 0.2) is 0 Å². The van der Waals surface area contributed by atoms with Crippen LogP contribution in [-0.2, 0) is 0 Å². The second kappa shape index (κ2) is 6.88. The minimum absolute atomic E-state index is 0.102. The summed E-state index contributed by atoms with van der Waals surface area (Å²) < 4.78 is 0. The quantitative estimate of drug-likeness (QED) is 0.834. The van der Waals surface area contributed by atoms with E-state index in [-0.39, 0.29) is 6.10 Å². The van der Waals surface area contributed by atoms with Gasteiger partial charge in [-0.3, -0.25) is 0 Å². The van der Waals surface area contributed by atoms with Crippen LogP contribution in [0.2, 0.25) is 0 Å². The Bertz CT molecular complexity index is 247. The number of nitrogens with zero attached hydrogens (tertiary/aromatic N) is 2. The molecule has 0 aromatic carbocycles. The van der Waals surface area contributed by atoms with Gasteiger partial charge in [0.15, 0.2) is 0 Å². The molecular formula is C15H30N2O. The molecular weight excluding hydrogens is 224 g/mol. The molecule has 2 rings (SSSR count). The maximum absolute atomic E-state index is 10.3. The van der Waals surface area contributed by atoms with Crippen molar-refractivity contribution in [3.05, 3.63) is 0 Å². The van der Waals surface area contributed by atoms with Crippen LogP contribution in [0.3, 0.4) is 0 Å². The topological polar surface area (TPSA) is 26.7 Å². The lowest BCUT2D eigenvalue weighted by molar-refractivity contribution is 0.0378. The predicted molar refractivity (Wildman–Crippen MR) is 75.7 cm³/mol. The molecule has 1 aliphatic heterocycles. The third-order valence-electron chi connectivity index (χ3n) is 4.80. The Labute approximate surface area is 112 Å². The average molecular weight is 254 g/mol. The molecule has 0 aromatic rings. The number of likely N-dealkylation sites (tertiary alicyclic amines) is 1. The van der Waals surface area contributed by atoms with E-state index in [2.05, 4.69) is 23.9 Å². The number of aliphatic hydroxyl groups is 1. The third-order valence-corrected chi connectivity index (χ3v) is 4.80. The zero-order valence-electron chi connectivity index (χ0n) is 12.1. The van der Waals surface area contributed by atoms with Crippen LogP contribution in [0.1, 0.15) is 44.9 Å². The van der Waals surface area contributed by atoms with Gasteiger partial charge in [0.1, 0.15) is 0 Å². The fraction of sp³-hybridized carbons (Fsp3) is 1.00. The molecule has 106 valence electrons. The van der Waals surface area contributed by atoms with E-state index in [1.54, 1.807) is 0 Å². The molecule has 3 nitrogen and oxygen atoms in total. The first-order valence-corrected chi connectivity index (χ1v) is 7.73. The molecule has 0 spiro atoms. The molecule has 2 fully saturated rings. The number of hydrogen-bond donors (Lipinski definition) is 1. The third kappa shape index (κ3) is 3.94. The molecule has 18 heavy (non-hydrogen) atoms. The highest BCUT2D eigenvalue weighted by molar-refractivity contribution is 4.83. The van der Waals surface area contributed by atoms with E-state index in [1.807, 2.05) is 0 Å². The Hall–Kier alpha value is -0.120. The largest absolute Gasteiger partial charge is 0.391 e. The van der Waals surface area contributed by atoms with Gasteiger partial charge >= 0.3 is 0 Å². The van der Waals surface area contributed by atoms with E-state index in [4.69, 9.17) is 0 Å². The number of aliphatic hydroxyl groups excluding tert-OH is 1. The first-order valence-electron chi connectivity index (χ1n) is 7.73. The van der Waals surface area contributed by atoms with Gasteiger partial charge in [-0.2, -0.15) is 0 Å². The standard InChI is InChI=1S/C15H30N2O/c1-16-10-9-13(11-16)12-17(2)14-7-5-3-4-6-8-15(14)18/h13-15,18H,3-12H2,1-2H3. The molecule has 1 aliphatic carbocycles. The van der Waals surface area contributed by atoms with E-state index < -0.39 is 0 Å². The maximum atomic E-state index is 10.3. The monoisotopic (exact) mass is 254 g/mol. The van der Waals surface area contributed by atoms with Gasteiger partial charge in [-0.1, -0.05) is 25.7 Å². The minimum atomic E-state index is -0.102. The van der Waals surface area contributed by atoms with Crippen molar-refractivity contribution in [3.8, 4) is 0 Å². The summed E-state index contributed by atoms with van der Waals surface area (Å²) in [5.41, 5.74) is 0. The van der Waals surface area contributed by atoms with Crippen molar-refractivity contribution in [2.75, 3.05) is 33.7 Å².